The Balaban J connectivity index is 1.94. The number of hydrogen-bond acceptors (Lipinski definition) is 7. The standard InChI is InChI=1S/C17H23N3O2S2/c1-3-22-17(21)15-14(12-5-4-10-23-12)13(24-16(15)18)11-20-8-6-19(2)7-9-20/h4-5,10H,3,6-9,11,18H2,1-2H3. The smallest absolute Gasteiger partial charge is 0.341 e. The highest BCUT2D eigenvalue weighted by Gasteiger charge is 2.26. The van der Waals surface area contributed by atoms with Gasteiger partial charge in [-0.15, -0.1) is 22.7 Å². The molecular formula is C17H23N3O2S2. The van der Waals surface area contributed by atoms with Crippen LogP contribution in [0.4, 0.5) is 5.00 Å². The van der Waals surface area contributed by atoms with Crippen LogP contribution in [0, 0.1) is 0 Å². The first-order valence-corrected chi connectivity index (χ1v) is 9.82. The Kier molecular flexibility index (Phi) is 5.55. The molecule has 1 aliphatic rings. The van der Waals surface area contributed by atoms with Crippen molar-refractivity contribution in [3.05, 3.63) is 28.0 Å². The number of ether oxygens (including phenoxy) is 1. The van der Waals surface area contributed by atoms with E-state index in [2.05, 4.69) is 16.8 Å². The zero-order chi connectivity index (χ0) is 17.1. The third-order valence-electron chi connectivity index (χ3n) is 4.22. The largest absolute Gasteiger partial charge is 0.462 e. The predicted molar refractivity (Wildman–Crippen MR) is 101 cm³/mol. The SMILES string of the molecule is CCOC(=O)c1c(N)sc(CN2CCN(C)CC2)c1-c1cccs1. The minimum Gasteiger partial charge on any atom is -0.462 e. The van der Waals surface area contributed by atoms with Crippen LogP contribution in [0.1, 0.15) is 22.2 Å². The molecule has 130 valence electrons. The van der Waals surface area contributed by atoms with Gasteiger partial charge in [0, 0.05) is 48.0 Å². The Bertz CT molecular complexity index is 689. The third kappa shape index (κ3) is 3.64. The van der Waals surface area contributed by atoms with Crippen LogP contribution in [-0.2, 0) is 11.3 Å². The molecule has 2 aromatic rings. The molecule has 0 amide bonds. The van der Waals surface area contributed by atoms with Gasteiger partial charge in [-0.3, -0.25) is 4.90 Å². The number of piperazine rings is 1. The van der Waals surface area contributed by atoms with Crippen molar-refractivity contribution in [3.63, 3.8) is 0 Å². The number of nitrogen functional groups attached to an aromatic ring is 1. The lowest BCUT2D eigenvalue weighted by molar-refractivity contribution is 0.0529. The Labute approximate surface area is 150 Å². The highest BCUT2D eigenvalue weighted by molar-refractivity contribution is 7.18. The summed E-state index contributed by atoms with van der Waals surface area (Å²) in [6, 6.07) is 4.05. The van der Waals surface area contributed by atoms with Gasteiger partial charge >= 0.3 is 5.97 Å². The predicted octanol–water partition coefficient (Wildman–Crippen LogP) is 2.98. The summed E-state index contributed by atoms with van der Waals surface area (Å²) in [7, 11) is 2.15. The summed E-state index contributed by atoms with van der Waals surface area (Å²) in [5.41, 5.74) is 7.70. The molecule has 0 aromatic carbocycles. The van der Waals surface area contributed by atoms with Gasteiger partial charge in [-0.2, -0.15) is 0 Å². The Hall–Kier alpha value is -1.41. The first kappa shape index (κ1) is 17.4. The molecule has 0 saturated carbocycles. The maximum atomic E-state index is 12.4. The molecule has 0 spiro atoms. The van der Waals surface area contributed by atoms with Gasteiger partial charge in [0.1, 0.15) is 10.6 Å². The van der Waals surface area contributed by atoms with Gasteiger partial charge in [-0.05, 0) is 25.4 Å². The van der Waals surface area contributed by atoms with E-state index in [0.717, 1.165) is 48.0 Å². The van der Waals surface area contributed by atoms with Gasteiger partial charge in [0.05, 0.1) is 6.61 Å². The average molecular weight is 366 g/mol. The number of rotatable bonds is 5. The van der Waals surface area contributed by atoms with Crippen LogP contribution in [0.3, 0.4) is 0 Å². The monoisotopic (exact) mass is 365 g/mol. The van der Waals surface area contributed by atoms with E-state index in [1.807, 2.05) is 24.4 Å². The number of esters is 1. The number of nitrogens with two attached hydrogens (primary N) is 1. The second-order valence-corrected chi connectivity index (χ2v) is 8.00. The normalized spacial score (nSPS) is 16.4. The second kappa shape index (κ2) is 7.65. The van der Waals surface area contributed by atoms with Crippen LogP contribution in [0.25, 0.3) is 10.4 Å². The van der Waals surface area contributed by atoms with Gasteiger partial charge in [0.15, 0.2) is 0 Å². The van der Waals surface area contributed by atoms with Crippen molar-refractivity contribution in [2.45, 2.75) is 13.5 Å². The van der Waals surface area contributed by atoms with Crippen molar-refractivity contribution in [2.75, 3.05) is 45.6 Å². The first-order valence-electron chi connectivity index (χ1n) is 8.13. The number of thiophene rings is 2. The van der Waals surface area contributed by atoms with Crippen molar-refractivity contribution in [2.24, 2.45) is 0 Å². The molecule has 7 heteroatoms. The lowest BCUT2D eigenvalue weighted by Crippen LogP contribution is -2.43. The molecule has 0 unspecified atom stereocenters. The zero-order valence-corrected chi connectivity index (χ0v) is 15.7. The van der Waals surface area contributed by atoms with Crippen molar-refractivity contribution in [3.8, 4) is 10.4 Å². The van der Waals surface area contributed by atoms with Crippen molar-refractivity contribution < 1.29 is 9.53 Å². The van der Waals surface area contributed by atoms with E-state index in [0.29, 0.717) is 17.2 Å². The van der Waals surface area contributed by atoms with E-state index >= 15 is 0 Å². The van der Waals surface area contributed by atoms with E-state index in [-0.39, 0.29) is 5.97 Å². The molecule has 0 aliphatic carbocycles. The molecule has 0 atom stereocenters. The lowest BCUT2D eigenvalue weighted by Gasteiger charge is -2.32. The molecule has 2 N–H and O–H groups in total. The molecule has 3 heterocycles. The van der Waals surface area contributed by atoms with Crippen LogP contribution in [0.15, 0.2) is 17.5 Å². The van der Waals surface area contributed by atoms with E-state index in [4.69, 9.17) is 10.5 Å². The Morgan fingerprint density at radius 2 is 2.08 bits per heavy atom. The Morgan fingerprint density at radius 3 is 2.71 bits per heavy atom. The summed E-state index contributed by atoms with van der Waals surface area (Å²) >= 11 is 3.15. The van der Waals surface area contributed by atoms with Gasteiger partial charge in [0.25, 0.3) is 0 Å². The fraction of sp³-hybridized carbons (Fsp3) is 0.471. The van der Waals surface area contributed by atoms with Gasteiger partial charge in [-0.1, -0.05) is 6.07 Å². The van der Waals surface area contributed by atoms with Gasteiger partial charge in [-0.25, -0.2) is 4.79 Å². The van der Waals surface area contributed by atoms with Crippen molar-refractivity contribution >= 4 is 33.6 Å². The number of carbonyl (C=O) groups excluding carboxylic acids is 1. The van der Waals surface area contributed by atoms with Crippen LogP contribution in [0.5, 0.6) is 0 Å². The molecule has 0 radical (unpaired) electrons. The second-order valence-electron chi connectivity index (χ2n) is 5.92. The molecule has 1 saturated heterocycles. The fourth-order valence-electron chi connectivity index (χ4n) is 2.91. The summed E-state index contributed by atoms with van der Waals surface area (Å²) in [5.74, 6) is -0.320. The van der Waals surface area contributed by atoms with Crippen LogP contribution in [-0.4, -0.2) is 55.6 Å². The average Bonchev–Trinajstić information content (AvgIpc) is 3.17. The molecule has 2 aromatic heterocycles. The van der Waals surface area contributed by atoms with Crippen molar-refractivity contribution in [1.82, 2.24) is 9.80 Å². The van der Waals surface area contributed by atoms with E-state index < -0.39 is 0 Å². The molecule has 24 heavy (non-hydrogen) atoms. The van der Waals surface area contributed by atoms with E-state index in [9.17, 15) is 4.79 Å². The topological polar surface area (TPSA) is 58.8 Å². The number of hydrogen-bond donors (Lipinski definition) is 1. The minimum absolute atomic E-state index is 0.320. The van der Waals surface area contributed by atoms with Crippen LogP contribution in [0.2, 0.25) is 0 Å². The zero-order valence-electron chi connectivity index (χ0n) is 14.1. The van der Waals surface area contributed by atoms with Gasteiger partial charge in [0.2, 0.25) is 0 Å². The molecular weight excluding hydrogens is 342 g/mol. The molecule has 1 fully saturated rings. The van der Waals surface area contributed by atoms with Crippen LogP contribution < -0.4 is 5.73 Å². The van der Waals surface area contributed by atoms with E-state index in [1.165, 1.54) is 11.3 Å². The highest BCUT2D eigenvalue weighted by Crippen LogP contribution is 2.41. The highest BCUT2D eigenvalue weighted by atomic mass is 32.1. The summed E-state index contributed by atoms with van der Waals surface area (Å²) in [4.78, 5) is 19.4. The lowest BCUT2D eigenvalue weighted by atomic mass is 10.1. The Morgan fingerprint density at radius 1 is 1.33 bits per heavy atom. The molecule has 5 nitrogen and oxygen atoms in total. The number of anilines is 1. The fourth-order valence-corrected chi connectivity index (χ4v) is 4.89. The number of nitrogens with zero attached hydrogens (tertiary/aromatic N) is 2. The minimum atomic E-state index is -0.320. The summed E-state index contributed by atoms with van der Waals surface area (Å²) in [6.45, 7) is 7.21. The number of carbonyl (C=O) groups is 1. The van der Waals surface area contributed by atoms with Crippen molar-refractivity contribution in [1.29, 1.82) is 0 Å². The molecule has 1 aliphatic heterocycles. The third-order valence-corrected chi connectivity index (χ3v) is 6.11. The molecule has 0 bridgehead atoms. The maximum Gasteiger partial charge on any atom is 0.341 e. The summed E-state index contributed by atoms with van der Waals surface area (Å²) < 4.78 is 5.24. The molecule has 3 rings (SSSR count). The van der Waals surface area contributed by atoms with Crippen LogP contribution >= 0.6 is 22.7 Å². The summed E-state index contributed by atoms with van der Waals surface area (Å²) in [5, 5.41) is 2.58. The maximum absolute atomic E-state index is 12.4. The first-order chi connectivity index (χ1) is 11.6. The summed E-state index contributed by atoms with van der Waals surface area (Å²) in [6.07, 6.45) is 0. The van der Waals surface area contributed by atoms with E-state index in [1.54, 1.807) is 11.3 Å². The quantitative estimate of drug-likeness (QED) is 0.826. The van der Waals surface area contributed by atoms with Gasteiger partial charge < -0.3 is 15.4 Å². The number of likely N-dealkylation sites (N-methyl/N-ethyl adjacent to an activating group) is 1.